The van der Waals surface area contributed by atoms with Crippen LogP contribution in [0.15, 0.2) is 29.2 Å². The molecule has 1 heterocycles. The van der Waals surface area contributed by atoms with Gasteiger partial charge in [-0.2, -0.15) is 13.2 Å². The lowest BCUT2D eigenvalue weighted by atomic mass is 10.2. The van der Waals surface area contributed by atoms with E-state index < -0.39 is 21.8 Å². The fourth-order valence-electron chi connectivity index (χ4n) is 2.09. The maximum atomic E-state index is 12.6. The summed E-state index contributed by atoms with van der Waals surface area (Å²) in [6.07, 6.45) is -4.44. The summed E-state index contributed by atoms with van der Waals surface area (Å²) >= 11 is 0. The smallest absolute Gasteiger partial charge is 0.334 e. The highest BCUT2D eigenvalue weighted by Gasteiger charge is 2.32. The van der Waals surface area contributed by atoms with Crippen molar-refractivity contribution in [2.24, 2.45) is 0 Å². The van der Waals surface area contributed by atoms with E-state index in [1.165, 1.54) is 19.1 Å². The second kappa shape index (κ2) is 4.42. The van der Waals surface area contributed by atoms with Crippen LogP contribution in [0.4, 0.5) is 13.2 Å². The minimum Gasteiger partial charge on any atom is -0.334 e. The van der Waals surface area contributed by atoms with E-state index in [4.69, 9.17) is 10.7 Å². The molecule has 0 saturated carbocycles. The Morgan fingerprint density at radius 3 is 2.37 bits per heavy atom. The van der Waals surface area contributed by atoms with Gasteiger partial charge in [-0.15, -0.1) is 0 Å². The second-order valence-electron chi connectivity index (χ2n) is 4.07. The van der Waals surface area contributed by atoms with Crippen LogP contribution in [-0.4, -0.2) is 19.2 Å². The van der Waals surface area contributed by atoms with Gasteiger partial charge in [-0.1, -0.05) is 18.2 Å². The zero-order valence-electron chi connectivity index (χ0n) is 9.70. The minimum atomic E-state index is -4.44. The maximum Gasteiger partial charge on any atom is 0.406 e. The van der Waals surface area contributed by atoms with Gasteiger partial charge in [0.1, 0.15) is 11.4 Å². The SMILES string of the molecule is Cc1c(S(=O)(=O)Cl)c2ccccc2n1CC(F)(F)F. The van der Waals surface area contributed by atoms with Gasteiger partial charge in [0.25, 0.3) is 9.05 Å². The number of rotatable bonds is 2. The fraction of sp³-hybridized carbons (Fsp3) is 0.273. The number of aromatic nitrogens is 1. The first kappa shape index (κ1) is 14.2. The van der Waals surface area contributed by atoms with E-state index in [9.17, 15) is 21.6 Å². The molecule has 0 saturated heterocycles. The Morgan fingerprint density at radius 1 is 1.26 bits per heavy atom. The van der Waals surface area contributed by atoms with E-state index in [-0.39, 0.29) is 21.5 Å². The zero-order chi connectivity index (χ0) is 14.4. The Bertz CT molecular complexity index is 734. The quantitative estimate of drug-likeness (QED) is 0.797. The summed E-state index contributed by atoms with van der Waals surface area (Å²) in [4.78, 5) is -0.269. The average molecular weight is 312 g/mol. The highest BCUT2D eigenvalue weighted by molar-refractivity contribution is 8.14. The molecule has 0 amide bonds. The molecule has 3 nitrogen and oxygen atoms in total. The van der Waals surface area contributed by atoms with Crippen LogP contribution in [0.2, 0.25) is 0 Å². The molecule has 104 valence electrons. The summed E-state index contributed by atoms with van der Waals surface area (Å²) in [6.45, 7) is 0.0484. The molecular weight excluding hydrogens is 303 g/mol. The van der Waals surface area contributed by atoms with Gasteiger partial charge in [-0.05, 0) is 13.0 Å². The van der Waals surface area contributed by atoms with Gasteiger partial charge in [-0.25, -0.2) is 8.42 Å². The highest BCUT2D eigenvalue weighted by Crippen LogP contribution is 2.33. The van der Waals surface area contributed by atoms with E-state index in [0.717, 1.165) is 4.57 Å². The van der Waals surface area contributed by atoms with Gasteiger partial charge in [0.05, 0.1) is 0 Å². The molecular formula is C11H9ClF3NO2S. The molecule has 0 aliphatic rings. The number of para-hydroxylation sites is 1. The van der Waals surface area contributed by atoms with Crippen molar-refractivity contribution in [2.45, 2.75) is 24.5 Å². The summed E-state index contributed by atoms with van der Waals surface area (Å²) in [5.74, 6) is 0. The van der Waals surface area contributed by atoms with Crippen LogP contribution in [-0.2, 0) is 15.6 Å². The first-order chi connectivity index (χ1) is 8.61. The molecule has 0 aliphatic carbocycles. The molecule has 2 rings (SSSR count). The van der Waals surface area contributed by atoms with E-state index in [2.05, 4.69) is 0 Å². The molecule has 0 fully saturated rings. The zero-order valence-corrected chi connectivity index (χ0v) is 11.3. The minimum absolute atomic E-state index is 0.0199. The lowest BCUT2D eigenvalue weighted by molar-refractivity contribution is -0.140. The number of hydrogen-bond acceptors (Lipinski definition) is 2. The Hall–Kier alpha value is -1.21. The van der Waals surface area contributed by atoms with Crippen molar-refractivity contribution in [3.63, 3.8) is 0 Å². The Kier molecular flexibility index (Phi) is 3.30. The molecule has 0 unspecified atom stereocenters. The maximum absolute atomic E-state index is 12.6. The lowest BCUT2D eigenvalue weighted by Gasteiger charge is -2.11. The first-order valence-corrected chi connectivity index (χ1v) is 7.51. The predicted octanol–water partition coefficient (Wildman–Crippen LogP) is 3.44. The molecule has 19 heavy (non-hydrogen) atoms. The third kappa shape index (κ3) is 2.71. The van der Waals surface area contributed by atoms with Crippen molar-refractivity contribution in [1.29, 1.82) is 0 Å². The summed E-state index contributed by atoms with van der Waals surface area (Å²) in [5.41, 5.74) is 0.171. The molecule has 0 spiro atoms. The monoisotopic (exact) mass is 311 g/mol. The molecule has 1 aromatic heterocycles. The van der Waals surface area contributed by atoms with Gasteiger partial charge in [0.2, 0.25) is 0 Å². The van der Waals surface area contributed by atoms with Gasteiger partial charge in [0.15, 0.2) is 0 Å². The number of halogens is 4. The number of fused-ring (bicyclic) bond motifs is 1. The normalized spacial score (nSPS) is 13.1. The molecule has 2 aromatic rings. The summed E-state index contributed by atoms with van der Waals surface area (Å²) in [5, 5.41) is 0.194. The highest BCUT2D eigenvalue weighted by atomic mass is 35.7. The van der Waals surface area contributed by atoms with E-state index in [0.29, 0.717) is 0 Å². The predicted molar refractivity (Wildman–Crippen MR) is 65.8 cm³/mol. The van der Waals surface area contributed by atoms with Crippen LogP contribution < -0.4 is 0 Å². The number of nitrogens with zero attached hydrogens (tertiary/aromatic N) is 1. The molecule has 1 aromatic carbocycles. The van der Waals surface area contributed by atoms with Crippen molar-refractivity contribution in [3.05, 3.63) is 30.0 Å². The van der Waals surface area contributed by atoms with Gasteiger partial charge >= 0.3 is 6.18 Å². The summed E-state index contributed by atoms with van der Waals surface area (Å²) < 4.78 is 61.6. The van der Waals surface area contributed by atoms with Crippen LogP contribution in [0.1, 0.15) is 5.69 Å². The molecule has 0 bridgehead atoms. The second-order valence-corrected chi connectivity index (χ2v) is 6.57. The van der Waals surface area contributed by atoms with Crippen molar-refractivity contribution in [1.82, 2.24) is 4.57 Å². The van der Waals surface area contributed by atoms with Crippen LogP contribution in [0.5, 0.6) is 0 Å². The summed E-state index contributed by atoms with van der Waals surface area (Å²) in [7, 11) is 1.19. The Balaban J connectivity index is 2.83. The van der Waals surface area contributed by atoms with Crippen molar-refractivity contribution >= 4 is 30.6 Å². The first-order valence-electron chi connectivity index (χ1n) is 5.20. The van der Waals surface area contributed by atoms with Gasteiger partial charge in [-0.3, -0.25) is 0 Å². The standard InChI is InChI=1S/C11H9ClF3NO2S/c1-7-10(19(12,17)18)8-4-2-3-5-9(8)16(7)6-11(13,14)15/h2-5H,6H2,1H3. The Labute approximate surface area is 112 Å². The average Bonchev–Trinajstić information content (AvgIpc) is 2.49. The molecule has 0 aliphatic heterocycles. The third-order valence-corrected chi connectivity index (χ3v) is 4.22. The largest absolute Gasteiger partial charge is 0.406 e. The molecule has 0 N–H and O–H groups in total. The Morgan fingerprint density at radius 2 is 1.84 bits per heavy atom. The number of alkyl halides is 3. The van der Waals surface area contributed by atoms with Crippen LogP contribution >= 0.6 is 10.7 Å². The van der Waals surface area contributed by atoms with Gasteiger partial charge in [0, 0.05) is 27.3 Å². The van der Waals surface area contributed by atoms with Crippen molar-refractivity contribution in [3.8, 4) is 0 Å². The van der Waals surface area contributed by atoms with E-state index in [1.54, 1.807) is 12.1 Å². The number of benzene rings is 1. The van der Waals surface area contributed by atoms with Crippen molar-refractivity contribution < 1.29 is 21.6 Å². The molecule has 0 atom stereocenters. The lowest BCUT2D eigenvalue weighted by Crippen LogP contribution is -2.18. The van der Waals surface area contributed by atoms with E-state index >= 15 is 0 Å². The molecule has 0 radical (unpaired) electrons. The van der Waals surface area contributed by atoms with Crippen LogP contribution in [0.25, 0.3) is 10.9 Å². The summed E-state index contributed by atoms with van der Waals surface area (Å²) in [6, 6.07) is 5.95. The van der Waals surface area contributed by atoms with Crippen LogP contribution in [0.3, 0.4) is 0 Å². The topological polar surface area (TPSA) is 39.1 Å². The fourth-order valence-corrected chi connectivity index (χ4v) is 3.57. The number of hydrogen-bond donors (Lipinski definition) is 0. The van der Waals surface area contributed by atoms with Crippen molar-refractivity contribution in [2.75, 3.05) is 0 Å². The third-order valence-electron chi connectivity index (χ3n) is 2.75. The van der Waals surface area contributed by atoms with Crippen LogP contribution in [0, 0.1) is 6.92 Å². The molecule has 8 heteroatoms. The van der Waals surface area contributed by atoms with Gasteiger partial charge < -0.3 is 4.57 Å². The van der Waals surface area contributed by atoms with E-state index in [1.807, 2.05) is 0 Å².